The Morgan fingerprint density at radius 1 is 1.29 bits per heavy atom. The number of rotatable bonds is 7. The maximum atomic E-state index is 12.1. The smallest absolute Gasteiger partial charge is 0.385 e. The zero-order valence-electron chi connectivity index (χ0n) is 8.14. The van der Waals surface area contributed by atoms with Crippen LogP contribution in [0.5, 0.6) is 0 Å². The number of methoxy groups -OCH3 is 1. The molecule has 0 heterocycles. The predicted molar refractivity (Wildman–Crippen MR) is 45.9 cm³/mol. The largest absolute Gasteiger partial charge is 0.395 e. The van der Waals surface area contributed by atoms with E-state index in [4.69, 9.17) is 15.2 Å². The standard InChI is InChI=1S/C8H16F3NO2/c1-13-3-2-4-14-6-7(5-12)8(9,10)11/h7H,2-6,12H2,1H3. The van der Waals surface area contributed by atoms with E-state index in [0.29, 0.717) is 13.0 Å². The number of hydrogen-bond acceptors (Lipinski definition) is 3. The molecule has 6 heteroatoms. The van der Waals surface area contributed by atoms with Gasteiger partial charge < -0.3 is 15.2 Å². The summed E-state index contributed by atoms with van der Waals surface area (Å²) in [6.07, 6.45) is -3.68. The van der Waals surface area contributed by atoms with Gasteiger partial charge in [0.05, 0.1) is 12.5 Å². The summed E-state index contributed by atoms with van der Waals surface area (Å²) in [6.45, 7) is -0.0583. The first kappa shape index (κ1) is 13.7. The van der Waals surface area contributed by atoms with Gasteiger partial charge >= 0.3 is 6.18 Å². The highest BCUT2D eigenvalue weighted by molar-refractivity contribution is 4.67. The van der Waals surface area contributed by atoms with Crippen LogP contribution in [-0.2, 0) is 9.47 Å². The van der Waals surface area contributed by atoms with E-state index in [1.807, 2.05) is 0 Å². The molecule has 0 aromatic rings. The fourth-order valence-corrected chi connectivity index (χ4v) is 0.827. The zero-order valence-corrected chi connectivity index (χ0v) is 8.14. The van der Waals surface area contributed by atoms with E-state index < -0.39 is 18.6 Å². The Morgan fingerprint density at radius 2 is 1.93 bits per heavy atom. The van der Waals surface area contributed by atoms with Crippen molar-refractivity contribution in [2.75, 3.05) is 33.5 Å². The van der Waals surface area contributed by atoms with Gasteiger partial charge in [0.2, 0.25) is 0 Å². The van der Waals surface area contributed by atoms with Crippen LogP contribution < -0.4 is 5.73 Å². The van der Waals surface area contributed by atoms with E-state index >= 15 is 0 Å². The van der Waals surface area contributed by atoms with Crippen molar-refractivity contribution in [2.24, 2.45) is 11.7 Å². The van der Waals surface area contributed by atoms with Crippen molar-refractivity contribution in [3.8, 4) is 0 Å². The molecule has 0 aliphatic heterocycles. The fraction of sp³-hybridized carbons (Fsp3) is 1.00. The van der Waals surface area contributed by atoms with Gasteiger partial charge in [-0.2, -0.15) is 13.2 Å². The Balaban J connectivity index is 3.54. The van der Waals surface area contributed by atoms with Crippen LogP contribution in [0.15, 0.2) is 0 Å². The molecule has 0 aromatic heterocycles. The fourth-order valence-electron chi connectivity index (χ4n) is 0.827. The maximum absolute atomic E-state index is 12.1. The Morgan fingerprint density at radius 3 is 2.36 bits per heavy atom. The molecule has 0 aliphatic carbocycles. The lowest BCUT2D eigenvalue weighted by molar-refractivity contribution is -0.185. The molecule has 86 valence electrons. The zero-order chi connectivity index (χ0) is 11.0. The lowest BCUT2D eigenvalue weighted by Gasteiger charge is -2.18. The van der Waals surface area contributed by atoms with Gasteiger partial charge in [-0.15, -0.1) is 0 Å². The first-order valence-electron chi connectivity index (χ1n) is 4.35. The summed E-state index contributed by atoms with van der Waals surface area (Å²) >= 11 is 0. The third kappa shape index (κ3) is 6.17. The van der Waals surface area contributed by atoms with Crippen LogP contribution in [0, 0.1) is 5.92 Å². The van der Waals surface area contributed by atoms with E-state index in [9.17, 15) is 13.2 Å². The van der Waals surface area contributed by atoms with Crippen LogP contribution in [0.25, 0.3) is 0 Å². The maximum Gasteiger partial charge on any atom is 0.395 e. The Bertz CT molecular complexity index is 141. The van der Waals surface area contributed by atoms with Crippen LogP contribution in [-0.4, -0.2) is 39.7 Å². The lowest BCUT2D eigenvalue weighted by Crippen LogP contribution is -2.34. The summed E-state index contributed by atoms with van der Waals surface area (Å²) in [6, 6.07) is 0. The van der Waals surface area contributed by atoms with Crippen molar-refractivity contribution in [3.05, 3.63) is 0 Å². The average molecular weight is 215 g/mol. The minimum atomic E-state index is -4.27. The molecule has 0 aromatic carbocycles. The van der Waals surface area contributed by atoms with E-state index in [-0.39, 0.29) is 13.2 Å². The quantitative estimate of drug-likeness (QED) is 0.648. The number of alkyl halides is 3. The number of ether oxygens (including phenoxy) is 2. The molecular weight excluding hydrogens is 199 g/mol. The summed E-state index contributed by atoms with van der Waals surface area (Å²) in [7, 11) is 1.53. The van der Waals surface area contributed by atoms with Crippen molar-refractivity contribution in [2.45, 2.75) is 12.6 Å². The van der Waals surface area contributed by atoms with Gasteiger partial charge in [0.1, 0.15) is 0 Å². The van der Waals surface area contributed by atoms with Crippen molar-refractivity contribution < 1.29 is 22.6 Å². The van der Waals surface area contributed by atoms with E-state index in [0.717, 1.165) is 0 Å². The van der Waals surface area contributed by atoms with Crippen LogP contribution in [0.1, 0.15) is 6.42 Å². The summed E-state index contributed by atoms with van der Waals surface area (Å²) in [5.41, 5.74) is 4.98. The number of halogens is 3. The normalized spacial score (nSPS) is 14.4. The van der Waals surface area contributed by atoms with E-state index in [2.05, 4.69) is 0 Å². The third-order valence-electron chi connectivity index (χ3n) is 1.70. The third-order valence-corrected chi connectivity index (χ3v) is 1.70. The predicted octanol–water partition coefficient (Wildman–Crippen LogP) is 1.18. The Kier molecular flexibility index (Phi) is 6.86. The van der Waals surface area contributed by atoms with Crippen molar-refractivity contribution in [1.82, 2.24) is 0 Å². The molecule has 1 atom stereocenters. The van der Waals surface area contributed by atoms with Gasteiger partial charge in [-0.05, 0) is 6.42 Å². The van der Waals surface area contributed by atoms with Gasteiger partial charge in [-0.3, -0.25) is 0 Å². The minimum absolute atomic E-state index is 0.264. The molecule has 0 saturated heterocycles. The van der Waals surface area contributed by atoms with Crippen LogP contribution in [0.2, 0.25) is 0 Å². The van der Waals surface area contributed by atoms with Crippen molar-refractivity contribution in [1.29, 1.82) is 0 Å². The molecule has 0 saturated carbocycles. The Hall–Kier alpha value is -0.330. The monoisotopic (exact) mass is 215 g/mol. The SMILES string of the molecule is COCCCOCC(CN)C(F)(F)F. The van der Waals surface area contributed by atoms with Gasteiger partial charge in [0, 0.05) is 26.9 Å². The summed E-state index contributed by atoms with van der Waals surface area (Å²) in [4.78, 5) is 0. The number of hydrogen-bond donors (Lipinski definition) is 1. The molecule has 3 nitrogen and oxygen atoms in total. The molecule has 0 spiro atoms. The van der Waals surface area contributed by atoms with Gasteiger partial charge in [-0.25, -0.2) is 0 Å². The van der Waals surface area contributed by atoms with E-state index in [1.54, 1.807) is 0 Å². The van der Waals surface area contributed by atoms with Crippen LogP contribution >= 0.6 is 0 Å². The average Bonchev–Trinajstić information content (AvgIpc) is 2.09. The second-order valence-corrected chi connectivity index (χ2v) is 2.90. The highest BCUT2D eigenvalue weighted by atomic mass is 19.4. The van der Waals surface area contributed by atoms with Crippen LogP contribution in [0.4, 0.5) is 13.2 Å². The van der Waals surface area contributed by atoms with Crippen molar-refractivity contribution >= 4 is 0 Å². The first-order valence-corrected chi connectivity index (χ1v) is 4.35. The summed E-state index contributed by atoms with van der Waals surface area (Å²) < 4.78 is 45.9. The lowest BCUT2D eigenvalue weighted by atomic mass is 10.1. The van der Waals surface area contributed by atoms with Gasteiger partial charge in [0.25, 0.3) is 0 Å². The summed E-state index contributed by atoms with van der Waals surface area (Å²) in [5.74, 6) is -1.56. The second-order valence-electron chi connectivity index (χ2n) is 2.90. The first-order chi connectivity index (χ1) is 6.52. The van der Waals surface area contributed by atoms with Gasteiger partial charge in [-0.1, -0.05) is 0 Å². The van der Waals surface area contributed by atoms with Crippen molar-refractivity contribution in [3.63, 3.8) is 0 Å². The van der Waals surface area contributed by atoms with E-state index in [1.165, 1.54) is 7.11 Å². The van der Waals surface area contributed by atoms with Gasteiger partial charge in [0.15, 0.2) is 0 Å². The molecule has 1 unspecified atom stereocenters. The molecule has 0 amide bonds. The molecule has 0 rings (SSSR count). The highest BCUT2D eigenvalue weighted by Crippen LogP contribution is 2.25. The molecule has 0 fully saturated rings. The molecular formula is C8H16F3NO2. The Labute approximate surface area is 81.4 Å². The van der Waals surface area contributed by atoms with Crippen LogP contribution in [0.3, 0.4) is 0 Å². The molecule has 0 radical (unpaired) electrons. The molecule has 2 N–H and O–H groups in total. The molecule has 0 aliphatic rings. The molecule has 14 heavy (non-hydrogen) atoms. The molecule has 0 bridgehead atoms. The highest BCUT2D eigenvalue weighted by Gasteiger charge is 2.38. The minimum Gasteiger partial charge on any atom is -0.385 e. The summed E-state index contributed by atoms with van der Waals surface area (Å²) in [5, 5.41) is 0. The number of nitrogens with two attached hydrogens (primary N) is 1. The second kappa shape index (κ2) is 7.03. The topological polar surface area (TPSA) is 44.5 Å².